The molecule has 1 N–H and O–H groups in total. The first kappa shape index (κ1) is 22.1. The van der Waals surface area contributed by atoms with Crippen LogP contribution in [0, 0.1) is 0 Å². The van der Waals surface area contributed by atoms with Gasteiger partial charge in [0.25, 0.3) is 0 Å². The first-order valence-electron chi connectivity index (χ1n) is 8.59. The number of methoxy groups -OCH3 is 1. The van der Waals surface area contributed by atoms with Crippen molar-refractivity contribution in [3.05, 3.63) is 53.6 Å². The number of halogens is 3. The van der Waals surface area contributed by atoms with Crippen LogP contribution in [0.2, 0.25) is 0 Å². The van der Waals surface area contributed by atoms with Crippen molar-refractivity contribution < 1.29 is 37.3 Å². The molecule has 156 valence electrons. The van der Waals surface area contributed by atoms with Gasteiger partial charge in [0.05, 0.1) is 7.11 Å². The van der Waals surface area contributed by atoms with Gasteiger partial charge in [0, 0.05) is 20.0 Å². The summed E-state index contributed by atoms with van der Waals surface area (Å²) in [7, 11) is 1.33. The van der Waals surface area contributed by atoms with Gasteiger partial charge in [0.1, 0.15) is 5.75 Å². The van der Waals surface area contributed by atoms with Crippen molar-refractivity contribution in [2.75, 3.05) is 13.7 Å². The molecule has 0 aliphatic heterocycles. The van der Waals surface area contributed by atoms with Gasteiger partial charge >= 0.3 is 18.1 Å². The Bertz CT molecular complexity index is 865. The second-order valence-electron chi connectivity index (χ2n) is 6.22. The third kappa shape index (κ3) is 6.41. The van der Waals surface area contributed by atoms with Crippen molar-refractivity contribution in [2.45, 2.75) is 26.1 Å². The minimum Gasteiger partial charge on any atom is -0.508 e. The Morgan fingerprint density at radius 2 is 1.66 bits per heavy atom. The van der Waals surface area contributed by atoms with Crippen LogP contribution in [-0.4, -0.2) is 41.7 Å². The molecule has 0 aliphatic carbocycles. The fraction of sp³-hybridized carbons (Fsp3) is 0.300. The van der Waals surface area contributed by atoms with E-state index in [0.29, 0.717) is 16.0 Å². The number of aromatic hydroxyl groups is 1. The van der Waals surface area contributed by atoms with Gasteiger partial charge in [-0.05, 0) is 41.8 Å². The SMILES string of the molecule is COc1cc(CN(CCc2ccc(O)cc2)C(=O)C(F)(F)F)ccc1OC(C)=O. The summed E-state index contributed by atoms with van der Waals surface area (Å²) in [4.78, 5) is 23.7. The number of esters is 1. The average Bonchev–Trinajstić information content (AvgIpc) is 2.65. The summed E-state index contributed by atoms with van der Waals surface area (Å²) in [6.45, 7) is 0.713. The van der Waals surface area contributed by atoms with Gasteiger partial charge in [-0.15, -0.1) is 0 Å². The average molecular weight is 411 g/mol. The van der Waals surface area contributed by atoms with Crippen molar-refractivity contribution in [1.82, 2.24) is 4.90 Å². The number of amides is 1. The van der Waals surface area contributed by atoms with E-state index in [1.807, 2.05) is 0 Å². The Kier molecular flexibility index (Phi) is 7.08. The summed E-state index contributed by atoms with van der Waals surface area (Å²) in [5, 5.41) is 9.29. The van der Waals surface area contributed by atoms with Gasteiger partial charge in [0.2, 0.25) is 0 Å². The van der Waals surface area contributed by atoms with E-state index < -0.39 is 18.1 Å². The lowest BCUT2D eigenvalue weighted by Crippen LogP contribution is -2.41. The van der Waals surface area contributed by atoms with Crippen molar-refractivity contribution in [2.24, 2.45) is 0 Å². The Hall–Kier alpha value is -3.23. The normalized spacial score (nSPS) is 11.1. The number of nitrogens with zero attached hydrogens (tertiary/aromatic N) is 1. The van der Waals surface area contributed by atoms with E-state index in [-0.39, 0.29) is 36.8 Å². The quantitative estimate of drug-likeness (QED) is 0.558. The highest BCUT2D eigenvalue weighted by Gasteiger charge is 2.42. The first-order valence-corrected chi connectivity index (χ1v) is 8.59. The van der Waals surface area contributed by atoms with Gasteiger partial charge in [-0.25, -0.2) is 0 Å². The molecule has 9 heteroatoms. The summed E-state index contributed by atoms with van der Waals surface area (Å²) in [5.74, 6) is -2.20. The van der Waals surface area contributed by atoms with Gasteiger partial charge in [-0.1, -0.05) is 18.2 Å². The lowest BCUT2D eigenvalue weighted by atomic mass is 10.1. The standard InChI is InChI=1S/C20H20F3NO5/c1-13(25)29-17-8-5-15(11-18(17)28-2)12-24(19(27)20(21,22)23)10-9-14-3-6-16(26)7-4-14/h3-8,11,26H,9-10,12H2,1-2H3. The molecule has 2 rings (SSSR count). The van der Waals surface area contributed by atoms with E-state index in [1.54, 1.807) is 12.1 Å². The molecular formula is C20H20F3NO5. The third-order valence-electron chi connectivity index (χ3n) is 3.99. The van der Waals surface area contributed by atoms with E-state index in [1.165, 1.54) is 44.4 Å². The fourth-order valence-corrected chi connectivity index (χ4v) is 2.63. The highest BCUT2D eigenvalue weighted by Crippen LogP contribution is 2.29. The summed E-state index contributed by atoms with van der Waals surface area (Å²) < 4.78 is 49.2. The van der Waals surface area contributed by atoms with Crippen LogP contribution in [0.25, 0.3) is 0 Å². The topological polar surface area (TPSA) is 76.1 Å². The van der Waals surface area contributed by atoms with Gasteiger partial charge in [0.15, 0.2) is 11.5 Å². The molecular weight excluding hydrogens is 391 g/mol. The predicted molar refractivity (Wildman–Crippen MR) is 97.6 cm³/mol. The number of phenols is 1. The lowest BCUT2D eigenvalue weighted by Gasteiger charge is -2.24. The van der Waals surface area contributed by atoms with E-state index >= 15 is 0 Å². The largest absolute Gasteiger partial charge is 0.508 e. The molecule has 2 aromatic carbocycles. The summed E-state index contributed by atoms with van der Waals surface area (Å²) in [5.41, 5.74) is 1.05. The summed E-state index contributed by atoms with van der Waals surface area (Å²) in [6, 6.07) is 10.2. The molecule has 0 aromatic heterocycles. The number of rotatable bonds is 7. The molecule has 0 heterocycles. The molecule has 0 fully saturated rings. The molecule has 29 heavy (non-hydrogen) atoms. The molecule has 1 amide bonds. The van der Waals surface area contributed by atoms with Crippen LogP contribution in [-0.2, 0) is 22.6 Å². The second-order valence-corrected chi connectivity index (χ2v) is 6.22. The zero-order valence-electron chi connectivity index (χ0n) is 15.8. The first-order chi connectivity index (χ1) is 13.6. The Morgan fingerprint density at radius 3 is 2.21 bits per heavy atom. The molecule has 0 unspecified atom stereocenters. The van der Waals surface area contributed by atoms with Crippen LogP contribution in [0.1, 0.15) is 18.1 Å². The molecule has 0 saturated heterocycles. The number of alkyl halides is 3. The summed E-state index contributed by atoms with van der Waals surface area (Å²) >= 11 is 0. The van der Waals surface area contributed by atoms with E-state index in [2.05, 4.69) is 0 Å². The molecule has 0 aliphatic rings. The molecule has 0 saturated carbocycles. The van der Waals surface area contributed by atoms with E-state index in [9.17, 15) is 27.9 Å². The number of ether oxygens (including phenoxy) is 2. The van der Waals surface area contributed by atoms with Crippen molar-refractivity contribution >= 4 is 11.9 Å². The van der Waals surface area contributed by atoms with Crippen LogP contribution >= 0.6 is 0 Å². The van der Waals surface area contributed by atoms with Gasteiger partial charge in [-0.3, -0.25) is 9.59 Å². The minimum absolute atomic E-state index is 0.0388. The maximum Gasteiger partial charge on any atom is 0.471 e. The Balaban J connectivity index is 2.21. The number of hydrogen-bond donors (Lipinski definition) is 1. The van der Waals surface area contributed by atoms with Crippen molar-refractivity contribution in [3.63, 3.8) is 0 Å². The minimum atomic E-state index is -5.02. The predicted octanol–water partition coefficient (Wildman–Crippen LogP) is 3.46. The second kappa shape index (κ2) is 9.31. The third-order valence-corrected chi connectivity index (χ3v) is 3.99. The number of phenolic OH excluding ortho intramolecular Hbond substituents is 1. The monoisotopic (exact) mass is 411 g/mol. The lowest BCUT2D eigenvalue weighted by molar-refractivity contribution is -0.186. The molecule has 0 bridgehead atoms. The maximum absolute atomic E-state index is 13.0. The zero-order chi connectivity index (χ0) is 21.6. The number of benzene rings is 2. The van der Waals surface area contributed by atoms with Crippen LogP contribution in [0.15, 0.2) is 42.5 Å². The number of carbonyl (C=O) groups is 2. The Morgan fingerprint density at radius 1 is 1.03 bits per heavy atom. The van der Waals surface area contributed by atoms with Gasteiger partial charge in [-0.2, -0.15) is 13.2 Å². The maximum atomic E-state index is 13.0. The smallest absolute Gasteiger partial charge is 0.471 e. The highest BCUT2D eigenvalue weighted by molar-refractivity contribution is 5.82. The van der Waals surface area contributed by atoms with E-state index in [0.717, 1.165) is 0 Å². The molecule has 2 aromatic rings. The van der Waals surface area contributed by atoms with Crippen molar-refractivity contribution in [3.8, 4) is 17.2 Å². The molecule has 0 atom stereocenters. The fourth-order valence-electron chi connectivity index (χ4n) is 2.63. The highest BCUT2D eigenvalue weighted by atomic mass is 19.4. The molecule has 6 nitrogen and oxygen atoms in total. The van der Waals surface area contributed by atoms with Gasteiger partial charge < -0.3 is 19.5 Å². The zero-order valence-corrected chi connectivity index (χ0v) is 15.8. The number of hydrogen-bond acceptors (Lipinski definition) is 5. The molecule has 0 radical (unpaired) electrons. The Labute approximate surface area is 165 Å². The van der Waals surface area contributed by atoms with Crippen LogP contribution in [0.3, 0.4) is 0 Å². The van der Waals surface area contributed by atoms with E-state index in [4.69, 9.17) is 9.47 Å². The van der Waals surface area contributed by atoms with Crippen LogP contribution < -0.4 is 9.47 Å². The molecule has 0 spiro atoms. The van der Waals surface area contributed by atoms with Crippen LogP contribution in [0.4, 0.5) is 13.2 Å². The summed E-state index contributed by atoms with van der Waals surface area (Å²) in [6.07, 6.45) is -4.85. The van der Waals surface area contributed by atoms with Crippen molar-refractivity contribution in [1.29, 1.82) is 0 Å². The van der Waals surface area contributed by atoms with Crippen LogP contribution in [0.5, 0.6) is 17.2 Å². The number of carbonyl (C=O) groups excluding carboxylic acids is 2.